The van der Waals surface area contributed by atoms with E-state index in [1.165, 1.54) is 5.56 Å². The van der Waals surface area contributed by atoms with Crippen molar-refractivity contribution in [3.8, 4) is 0 Å². The van der Waals surface area contributed by atoms with Crippen LogP contribution >= 0.6 is 15.9 Å². The third kappa shape index (κ3) is 3.85. The lowest BCUT2D eigenvalue weighted by molar-refractivity contribution is 0.0945. The second-order valence-electron chi connectivity index (χ2n) is 5.70. The number of fused-ring (bicyclic) bond motifs is 1. The molecule has 2 aromatic carbocycles. The molecular weight excluding hydrogens is 392 g/mol. The van der Waals surface area contributed by atoms with Gasteiger partial charge >= 0.3 is 0 Å². The zero-order chi connectivity index (χ0) is 17.2. The Morgan fingerprint density at radius 1 is 0.958 bits per heavy atom. The lowest BCUT2D eigenvalue weighted by atomic mass is 9.92. The van der Waals surface area contributed by atoms with Crippen molar-refractivity contribution in [3.63, 3.8) is 0 Å². The first-order valence-corrected chi connectivity index (χ1v) is 9.93. The van der Waals surface area contributed by atoms with Crippen molar-refractivity contribution in [1.82, 2.24) is 10.3 Å². The molecule has 0 atom stereocenters. The van der Waals surface area contributed by atoms with Gasteiger partial charge in [0, 0.05) is 10.0 Å². The number of aryl methyl sites for hydroxylation is 2. The Bertz CT molecular complexity index is 864. The molecule has 1 aliphatic rings. The fourth-order valence-electron chi connectivity index (χ4n) is 2.72. The van der Waals surface area contributed by atoms with Crippen molar-refractivity contribution in [2.75, 3.05) is 0 Å². The van der Waals surface area contributed by atoms with Gasteiger partial charge in [0.15, 0.2) is 0 Å². The SMILES string of the molecule is O=C(NNS(=O)(=O)c1ccc2c(c1)CCCC2)c1ccc(Br)cc1. The van der Waals surface area contributed by atoms with Crippen molar-refractivity contribution in [1.29, 1.82) is 0 Å². The normalized spacial score (nSPS) is 14.0. The van der Waals surface area contributed by atoms with Crippen LogP contribution in [-0.2, 0) is 22.9 Å². The lowest BCUT2D eigenvalue weighted by Crippen LogP contribution is -2.41. The number of nitrogens with one attached hydrogen (secondary N) is 2. The monoisotopic (exact) mass is 408 g/mol. The first-order valence-electron chi connectivity index (χ1n) is 7.65. The van der Waals surface area contributed by atoms with Gasteiger partial charge in [0.1, 0.15) is 0 Å². The van der Waals surface area contributed by atoms with E-state index in [-0.39, 0.29) is 4.90 Å². The van der Waals surface area contributed by atoms with Crippen molar-refractivity contribution in [3.05, 3.63) is 63.6 Å². The Labute approximate surface area is 149 Å². The average molecular weight is 409 g/mol. The molecule has 0 aliphatic heterocycles. The molecule has 3 rings (SSSR count). The summed E-state index contributed by atoms with van der Waals surface area (Å²) >= 11 is 3.28. The highest BCUT2D eigenvalue weighted by Crippen LogP contribution is 2.23. The molecule has 0 unspecified atom stereocenters. The maximum atomic E-state index is 12.4. The molecule has 0 saturated heterocycles. The van der Waals surface area contributed by atoms with Crippen LogP contribution in [0.25, 0.3) is 0 Å². The Balaban J connectivity index is 1.72. The molecule has 0 spiro atoms. The Morgan fingerprint density at radius 3 is 2.33 bits per heavy atom. The second kappa shape index (κ2) is 7.04. The summed E-state index contributed by atoms with van der Waals surface area (Å²) in [4.78, 5) is 14.3. The standard InChI is InChI=1S/C17H17BrN2O3S/c18-15-8-5-13(6-9-15)17(21)19-20-24(22,23)16-10-7-12-3-1-2-4-14(12)11-16/h5-11,20H,1-4H2,(H,19,21). The van der Waals surface area contributed by atoms with E-state index in [4.69, 9.17) is 0 Å². The number of amides is 1. The first kappa shape index (κ1) is 17.1. The van der Waals surface area contributed by atoms with E-state index in [1.807, 2.05) is 6.07 Å². The Hall–Kier alpha value is -1.70. The van der Waals surface area contributed by atoms with Crippen LogP contribution < -0.4 is 10.3 Å². The number of carbonyl (C=O) groups excluding carboxylic acids is 1. The zero-order valence-corrected chi connectivity index (χ0v) is 15.3. The van der Waals surface area contributed by atoms with Gasteiger partial charge in [-0.05, 0) is 73.2 Å². The third-order valence-electron chi connectivity index (χ3n) is 4.04. The number of rotatable bonds is 4. The molecule has 0 radical (unpaired) electrons. The number of benzene rings is 2. The highest BCUT2D eigenvalue weighted by atomic mass is 79.9. The van der Waals surface area contributed by atoms with Crippen molar-refractivity contribution in [2.45, 2.75) is 30.6 Å². The van der Waals surface area contributed by atoms with Gasteiger partial charge in [-0.15, -0.1) is 4.83 Å². The van der Waals surface area contributed by atoms with Gasteiger partial charge < -0.3 is 0 Å². The molecule has 0 bridgehead atoms. The average Bonchev–Trinajstić information content (AvgIpc) is 2.60. The predicted octanol–water partition coefficient (Wildman–Crippen LogP) is 2.95. The van der Waals surface area contributed by atoms with Gasteiger partial charge in [-0.2, -0.15) is 0 Å². The van der Waals surface area contributed by atoms with Crippen molar-refractivity contribution >= 4 is 31.9 Å². The van der Waals surface area contributed by atoms with Crippen LogP contribution in [0.15, 0.2) is 51.8 Å². The summed E-state index contributed by atoms with van der Waals surface area (Å²) < 4.78 is 25.6. The summed E-state index contributed by atoms with van der Waals surface area (Å²) in [5.41, 5.74) is 4.89. The zero-order valence-electron chi connectivity index (χ0n) is 12.9. The number of carbonyl (C=O) groups is 1. The second-order valence-corrected chi connectivity index (χ2v) is 8.30. The molecule has 24 heavy (non-hydrogen) atoms. The van der Waals surface area contributed by atoms with E-state index >= 15 is 0 Å². The van der Waals surface area contributed by atoms with E-state index in [0.29, 0.717) is 5.56 Å². The number of sulfonamides is 1. The molecule has 1 amide bonds. The largest absolute Gasteiger partial charge is 0.273 e. The van der Waals surface area contributed by atoms with E-state index in [2.05, 4.69) is 26.2 Å². The number of hydrogen-bond donors (Lipinski definition) is 2. The Kier molecular flexibility index (Phi) is 5.03. The van der Waals surface area contributed by atoms with Crippen LogP contribution in [0.1, 0.15) is 34.3 Å². The van der Waals surface area contributed by atoms with Gasteiger partial charge in [-0.25, -0.2) is 8.42 Å². The number of hydrogen-bond acceptors (Lipinski definition) is 3. The van der Waals surface area contributed by atoms with Crippen LogP contribution in [0.5, 0.6) is 0 Å². The van der Waals surface area contributed by atoms with Gasteiger partial charge in [0.2, 0.25) is 0 Å². The van der Waals surface area contributed by atoms with Crippen LogP contribution in [0.4, 0.5) is 0 Å². The lowest BCUT2D eigenvalue weighted by Gasteiger charge is -2.17. The molecule has 2 aromatic rings. The summed E-state index contributed by atoms with van der Waals surface area (Å²) in [7, 11) is -3.80. The molecule has 1 aliphatic carbocycles. The fourth-order valence-corrected chi connectivity index (χ4v) is 3.88. The Morgan fingerprint density at radius 2 is 1.62 bits per heavy atom. The molecule has 7 heteroatoms. The highest BCUT2D eigenvalue weighted by molar-refractivity contribution is 9.10. The predicted molar refractivity (Wildman–Crippen MR) is 95.0 cm³/mol. The minimum atomic E-state index is -3.80. The van der Waals surface area contributed by atoms with Crippen LogP contribution in [0.2, 0.25) is 0 Å². The summed E-state index contributed by atoms with van der Waals surface area (Å²) in [6.07, 6.45) is 4.10. The van der Waals surface area contributed by atoms with Crippen LogP contribution in [0, 0.1) is 0 Å². The molecule has 0 heterocycles. The molecule has 0 aromatic heterocycles. The summed E-state index contributed by atoms with van der Waals surface area (Å²) in [5.74, 6) is -0.510. The fraction of sp³-hybridized carbons (Fsp3) is 0.235. The number of hydrazine groups is 1. The van der Waals surface area contributed by atoms with Gasteiger partial charge in [0.25, 0.3) is 15.9 Å². The minimum absolute atomic E-state index is 0.166. The maximum Gasteiger partial charge on any atom is 0.266 e. The van der Waals surface area contributed by atoms with E-state index < -0.39 is 15.9 Å². The minimum Gasteiger partial charge on any atom is -0.273 e. The first-order chi connectivity index (χ1) is 11.5. The van der Waals surface area contributed by atoms with Crippen LogP contribution in [-0.4, -0.2) is 14.3 Å². The third-order valence-corrected chi connectivity index (χ3v) is 5.81. The molecule has 0 saturated carbocycles. The number of halogens is 1. The van der Waals surface area contributed by atoms with Gasteiger partial charge in [-0.3, -0.25) is 10.2 Å². The van der Waals surface area contributed by atoms with Crippen molar-refractivity contribution in [2.24, 2.45) is 0 Å². The summed E-state index contributed by atoms with van der Waals surface area (Å²) in [5, 5.41) is 0. The topological polar surface area (TPSA) is 75.3 Å². The van der Waals surface area contributed by atoms with Gasteiger partial charge in [-0.1, -0.05) is 22.0 Å². The van der Waals surface area contributed by atoms with Crippen LogP contribution in [0.3, 0.4) is 0 Å². The quantitative estimate of drug-likeness (QED) is 0.763. The van der Waals surface area contributed by atoms with Gasteiger partial charge in [0.05, 0.1) is 4.90 Å². The smallest absolute Gasteiger partial charge is 0.266 e. The highest BCUT2D eigenvalue weighted by Gasteiger charge is 2.18. The molecular formula is C17H17BrN2O3S. The van der Waals surface area contributed by atoms with E-state index in [9.17, 15) is 13.2 Å². The van der Waals surface area contributed by atoms with E-state index in [1.54, 1.807) is 36.4 Å². The summed E-state index contributed by atoms with van der Waals surface area (Å²) in [6, 6.07) is 11.8. The molecule has 0 fully saturated rings. The molecule has 5 nitrogen and oxygen atoms in total. The maximum absolute atomic E-state index is 12.4. The molecule has 2 N–H and O–H groups in total. The van der Waals surface area contributed by atoms with Crippen molar-refractivity contribution < 1.29 is 13.2 Å². The summed E-state index contributed by atoms with van der Waals surface area (Å²) in [6.45, 7) is 0. The van der Waals surface area contributed by atoms with E-state index in [0.717, 1.165) is 35.7 Å². The molecule has 126 valence electrons.